The van der Waals surface area contributed by atoms with Gasteiger partial charge in [-0.05, 0) is 0 Å². The van der Waals surface area contributed by atoms with Crippen molar-refractivity contribution in [2.75, 3.05) is 0 Å². The van der Waals surface area contributed by atoms with Crippen LogP contribution in [0.15, 0.2) is 0 Å². The van der Waals surface area contributed by atoms with E-state index in [2.05, 4.69) is 94.9 Å². The van der Waals surface area contributed by atoms with Crippen molar-refractivity contribution in [3.05, 3.63) is 0 Å². The van der Waals surface area contributed by atoms with Crippen molar-refractivity contribution >= 4 is 104 Å². The van der Waals surface area contributed by atoms with E-state index in [1.54, 1.807) is 0 Å². The summed E-state index contributed by atoms with van der Waals surface area (Å²) in [7, 11) is 0. The van der Waals surface area contributed by atoms with Crippen molar-refractivity contribution in [1.29, 1.82) is 0 Å². The van der Waals surface area contributed by atoms with E-state index in [9.17, 15) is 0 Å². The van der Waals surface area contributed by atoms with Crippen LogP contribution in [-0.4, -0.2) is 15.2 Å². The molecule has 0 aromatic rings. The maximum absolute atomic E-state index is 4.46. The predicted octanol–water partition coefficient (Wildman–Crippen LogP) is 6.36. The minimum atomic E-state index is -3.59. The maximum atomic E-state index is 4.46. The van der Waals surface area contributed by atoms with Gasteiger partial charge in [-0.2, -0.15) is 0 Å². The van der Waals surface area contributed by atoms with E-state index in [0.29, 0.717) is 15.2 Å². The third kappa shape index (κ3) is 0.115. The molecule has 19 heavy (non-hydrogen) atoms. The molecule has 0 saturated carbocycles. The van der Waals surface area contributed by atoms with Crippen LogP contribution in [0.3, 0.4) is 0 Å². The van der Waals surface area contributed by atoms with Gasteiger partial charge in [0.15, 0.2) is 0 Å². The fourth-order valence-electron chi connectivity index (χ4n) is 18.2. The summed E-state index contributed by atoms with van der Waals surface area (Å²) in [4.78, 5) is 6.91. The summed E-state index contributed by atoms with van der Waals surface area (Å²) in [6.07, 6.45) is 0. The molecule has 0 nitrogen and oxygen atoms in total. The summed E-state index contributed by atoms with van der Waals surface area (Å²) < 4.78 is 4.03. The molecule has 9 heteroatoms. The fraction of sp³-hybridized carbons (Fsp3) is 1.00. The number of hydrogen-bond acceptors (Lipinski definition) is 0. The van der Waals surface area contributed by atoms with Crippen LogP contribution < -0.4 is 0 Å². The molecule has 0 amide bonds. The number of halogens is 6. The molecule has 0 aromatic carbocycles. The second-order valence-electron chi connectivity index (χ2n) is 10.5. The molecule has 10 fully saturated rings. The van der Waals surface area contributed by atoms with E-state index < -0.39 is 6.51 Å². The van der Waals surface area contributed by atoms with Gasteiger partial charge in [0, 0.05) is 0 Å². The zero-order chi connectivity index (χ0) is 12.9. The van der Waals surface area contributed by atoms with E-state index in [1.165, 1.54) is 19.3 Å². The normalized spacial score (nSPS) is 119. The van der Waals surface area contributed by atoms with Gasteiger partial charge in [0.05, 0.1) is 0 Å². The van der Waals surface area contributed by atoms with Gasteiger partial charge in [0.2, 0.25) is 0 Å². The first kappa shape index (κ1) is 10.5. The molecule has 0 aliphatic carbocycles. The molecule has 1 spiro atoms. The fourth-order valence-corrected chi connectivity index (χ4v) is 139. The Morgan fingerprint density at radius 2 is 1.05 bits per heavy atom. The average molecular weight is 683 g/mol. The first-order valence-corrected chi connectivity index (χ1v) is 18.0. The van der Waals surface area contributed by atoms with Gasteiger partial charge in [-0.1, -0.05) is 0 Å². The first-order valence-electron chi connectivity index (χ1n) is 6.74. The monoisotopic (exact) mass is 678 g/mol. The van der Waals surface area contributed by atoms with Gasteiger partial charge in [0.25, 0.3) is 0 Å². The van der Waals surface area contributed by atoms with E-state index >= 15 is 0 Å². The number of rotatable bonds is 2. The van der Waals surface area contributed by atoms with Crippen molar-refractivity contribution < 1.29 is 6.51 Å². The van der Waals surface area contributed by atoms with Crippen LogP contribution in [0.4, 0.5) is 0 Å². The Hall–Kier alpha value is 3.53. The summed E-state index contributed by atoms with van der Waals surface area (Å²) >= 11 is 25.1. The summed E-state index contributed by atoms with van der Waals surface area (Å²) in [6.45, 7) is -3.59. The zero-order valence-electron chi connectivity index (χ0n) is 9.24. The van der Waals surface area contributed by atoms with Crippen molar-refractivity contribution in [3.8, 4) is 0 Å². The molecular weight excluding hydrogens is 677 g/mol. The van der Waals surface area contributed by atoms with Gasteiger partial charge < -0.3 is 0 Å². The Labute approximate surface area is 151 Å². The Morgan fingerprint density at radius 1 is 0.684 bits per heavy atom. The van der Waals surface area contributed by atoms with Crippen molar-refractivity contribution in [3.63, 3.8) is 0 Å². The molecule has 10 heterocycles. The molecule has 0 bridgehead atoms. The molecule has 102 valence electrons. The first-order chi connectivity index (χ1) is 8.59. The second-order valence-corrected chi connectivity index (χ2v) is 43.2. The number of hydrogen-bond donors (Lipinski definition) is 0. The molecule has 10 saturated heterocycles. The molecular formula is C10H6B2Br6Fe. The molecule has 0 radical (unpaired) electrons. The molecule has 10 unspecified atom stereocenters. The van der Waals surface area contributed by atoms with E-state index in [-0.39, 0.29) is 0 Å². The average Bonchev–Trinajstić information content (AvgIpc) is 3.25. The van der Waals surface area contributed by atoms with Gasteiger partial charge in [-0.15, -0.1) is 0 Å². The van der Waals surface area contributed by atoms with Crippen molar-refractivity contribution in [2.45, 2.75) is 43.8 Å². The molecule has 10 rings (SSSR count). The third-order valence-electron chi connectivity index (χ3n) is 15.6. The van der Waals surface area contributed by atoms with Crippen LogP contribution in [0, 0.1) is 0 Å². The van der Waals surface area contributed by atoms with E-state index in [4.69, 9.17) is 0 Å². The van der Waals surface area contributed by atoms with Gasteiger partial charge in [-0.3, -0.25) is 0 Å². The predicted molar refractivity (Wildman–Crippen MR) is 98.4 cm³/mol. The van der Waals surface area contributed by atoms with Crippen LogP contribution in [-0.2, 0) is 6.51 Å². The van der Waals surface area contributed by atoms with Crippen LogP contribution >= 0.6 is 94.9 Å². The summed E-state index contributed by atoms with van der Waals surface area (Å²) in [5, 5.41) is 0. The summed E-state index contributed by atoms with van der Waals surface area (Å²) in [6, 6.07) is 0. The number of alkyl halides is 2. The van der Waals surface area contributed by atoms with Crippen molar-refractivity contribution in [2.24, 2.45) is 0 Å². The quantitative estimate of drug-likeness (QED) is 0.235. The van der Waals surface area contributed by atoms with Gasteiger partial charge in [0.1, 0.15) is 0 Å². The Bertz CT molecular complexity index is 1110. The van der Waals surface area contributed by atoms with Gasteiger partial charge in [-0.25, -0.2) is 0 Å². The molecule has 10 aliphatic heterocycles. The molecule has 0 N–H and O–H groups in total. The summed E-state index contributed by atoms with van der Waals surface area (Å²) in [5.74, 6) is 0. The van der Waals surface area contributed by atoms with Gasteiger partial charge >= 0.3 is 154 Å². The Balaban J connectivity index is 1.71. The molecule has 10 aliphatic rings. The number of fused-ring (bicyclic) bond motifs is 10. The van der Waals surface area contributed by atoms with Crippen LogP contribution in [0.1, 0.15) is 0 Å². The van der Waals surface area contributed by atoms with Crippen molar-refractivity contribution in [1.82, 2.24) is 0 Å². The Morgan fingerprint density at radius 3 is 1.16 bits per heavy atom. The van der Waals surface area contributed by atoms with E-state index in [0.717, 1.165) is 18.1 Å². The van der Waals surface area contributed by atoms with E-state index in [1.807, 2.05) is 0 Å². The molecule has 10 atom stereocenters. The minimum absolute atomic E-state index is 0.584. The second kappa shape index (κ2) is 0.974. The molecule has 0 aromatic heterocycles. The SMILES string of the molecule is BrB(Br)[C]12[CH]3[CH]4[C]5(Br)[CH]1[Fe]43521678[CH]2[CH]1[C]6(B(Br)Br)[CH]7[C]28Br. The Kier molecular flexibility index (Phi) is 0.538. The topological polar surface area (TPSA) is 0 Å². The zero-order valence-corrected chi connectivity index (χ0v) is 19.9. The summed E-state index contributed by atoms with van der Waals surface area (Å²) in [5.41, 5.74) is 0. The standard InChI is InChI=1S/2C5H3BBr3.Fe/c2*7-5-2-1-4(3-5)6(8)9;/h2*1-3H;. The van der Waals surface area contributed by atoms with Crippen LogP contribution in [0.25, 0.3) is 0 Å². The van der Waals surface area contributed by atoms with Crippen LogP contribution in [0.2, 0.25) is 37.3 Å². The van der Waals surface area contributed by atoms with Crippen LogP contribution in [0.5, 0.6) is 0 Å². The third-order valence-corrected chi connectivity index (χ3v) is 78.0.